The van der Waals surface area contributed by atoms with Crippen LogP contribution >= 0.6 is 0 Å². The first-order chi connectivity index (χ1) is 10.5. The molecule has 1 N–H and O–H groups in total. The number of aromatic nitrogens is 1. The Hall–Kier alpha value is -1.88. The molecule has 5 heteroatoms. The Morgan fingerprint density at radius 2 is 2.09 bits per heavy atom. The fraction of sp³-hybridized carbons (Fsp3) is 0.471. The fourth-order valence-corrected chi connectivity index (χ4v) is 3.62. The van der Waals surface area contributed by atoms with Gasteiger partial charge in [-0.3, -0.25) is 0 Å². The maximum atomic E-state index is 13.7. The van der Waals surface area contributed by atoms with E-state index in [0.29, 0.717) is 22.5 Å². The quantitative estimate of drug-likeness (QED) is 0.939. The Bertz CT molecular complexity index is 716. The van der Waals surface area contributed by atoms with E-state index >= 15 is 0 Å². The highest BCUT2D eigenvalue weighted by Crippen LogP contribution is 2.35. The number of halogens is 1. The normalized spacial score (nSPS) is 17.8. The van der Waals surface area contributed by atoms with Gasteiger partial charge in [-0.25, -0.2) is 9.18 Å². The van der Waals surface area contributed by atoms with E-state index in [9.17, 15) is 14.3 Å². The molecule has 2 aromatic rings. The van der Waals surface area contributed by atoms with E-state index in [4.69, 9.17) is 4.74 Å². The summed E-state index contributed by atoms with van der Waals surface area (Å²) in [4.78, 5) is 11.6. The van der Waals surface area contributed by atoms with Crippen LogP contribution in [0.3, 0.4) is 0 Å². The van der Waals surface area contributed by atoms with Gasteiger partial charge in [0.05, 0.1) is 11.1 Å². The predicted octanol–water partition coefficient (Wildman–Crippen LogP) is 3.77. The topological polar surface area (TPSA) is 51.5 Å². The van der Waals surface area contributed by atoms with Crippen molar-refractivity contribution in [2.45, 2.75) is 32.7 Å². The van der Waals surface area contributed by atoms with Crippen LogP contribution in [0.5, 0.6) is 0 Å². The first-order valence-corrected chi connectivity index (χ1v) is 7.61. The minimum atomic E-state index is -0.966. The number of carbonyl (C=O) groups is 1. The van der Waals surface area contributed by atoms with Crippen LogP contribution in [-0.4, -0.2) is 28.9 Å². The van der Waals surface area contributed by atoms with E-state index in [-0.39, 0.29) is 17.4 Å². The molecule has 3 rings (SSSR count). The van der Waals surface area contributed by atoms with Gasteiger partial charge in [-0.15, -0.1) is 0 Å². The number of carboxylic acids is 1. The zero-order valence-corrected chi connectivity index (χ0v) is 12.8. The third-order valence-corrected chi connectivity index (χ3v) is 4.78. The molecule has 1 atom stereocenters. The molecule has 118 valence electrons. The van der Waals surface area contributed by atoms with Crippen molar-refractivity contribution in [3.63, 3.8) is 0 Å². The Kier molecular flexibility index (Phi) is 3.91. The zero-order chi connectivity index (χ0) is 15.9. The molecule has 1 saturated heterocycles. The predicted molar refractivity (Wildman–Crippen MR) is 81.8 cm³/mol. The average Bonchev–Trinajstić information content (AvgIpc) is 2.78. The highest BCUT2D eigenvalue weighted by atomic mass is 19.1. The highest BCUT2D eigenvalue weighted by Gasteiger charge is 2.27. The summed E-state index contributed by atoms with van der Waals surface area (Å²) in [5, 5.41) is 10.1. The third kappa shape index (κ3) is 2.39. The molecule has 4 nitrogen and oxygen atoms in total. The number of hydrogen-bond acceptors (Lipinski definition) is 2. The monoisotopic (exact) mass is 305 g/mol. The molecule has 0 spiro atoms. The van der Waals surface area contributed by atoms with Crippen molar-refractivity contribution in [1.29, 1.82) is 0 Å². The van der Waals surface area contributed by atoms with Gasteiger partial charge in [-0.1, -0.05) is 0 Å². The number of benzene rings is 1. The van der Waals surface area contributed by atoms with E-state index in [1.165, 1.54) is 12.1 Å². The lowest BCUT2D eigenvalue weighted by molar-refractivity contribution is 0.0515. The second kappa shape index (κ2) is 5.72. The second-order valence-corrected chi connectivity index (χ2v) is 5.99. The molecular formula is C17H20FNO3. The van der Waals surface area contributed by atoms with E-state index in [2.05, 4.69) is 6.92 Å². The molecule has 1 aromatic carbocycles. The molecule has 0 radical (unpaired) electrons. The van der Waals surface area contributed by atoms with Gasteiger partial charge in [0.25, 0.3) is 0 Å². The number of carboxylic acid groups (broad SMARTS) is 1. The lowest BCUT2D eigenvalue weighted by Gasteiger charge is -2.30. The summed E-state index contributed by atoms with van der Waals surface area (Å²) >= 11 is 0. The average molecular weight is 305 g/mol. The van der Waals surface area contributed by atoms with Crippen molar-refractivity contribution in [1.82, 2.24) is 4.57 Å². The van der Waals surface area contributed by atoms with Gasteiger partial charge in [0.1, 0.15) is 5.82 Å². The van der Waals surface area contributed by atoms with E-state index < -0.39 is 5.97 Å². The maximum Gasteiger partial charge on any atom is 0.338 e. The van der Waals surface area contributed by atoms with Crippen molar-refractivity contribution < 1.29 is 19.0 Å². The molecule has 2 heterocycles. The van der Waals surface area contributed by atoms with Crippen molar-refractivity contribution in [3.05, 3.63) is 35.3 Å². The van der Waals surface area contributed by atoms with Crippen molar-refractivity contribution in [2.24, 2.45) is 5.92 Å². The summed E-state index contributed by atoms with van der Waals surface area (Å²) < 4.78 is 21.1. The van der Waals surface area contributed by atoms with Crippen molar-refractivity contribution in [2.75, 3.05) is 13.2 Å². The van der Waals surface area contributed by atoms with E-state index in [1.807, 2.05) is 4.57 Å². The number of rotatable bonds is 3. The Morgan fingerprint density at radius 3 is 2.73 bits per heavy atom. The molecular weight excluding hydrogens is 285 g/mol. The van der Waals surface area contributed by atoms with E-state index in [1.54, 1.807) is 13.0 Å². The van der Waals surface area contributed by atoms with Crippen LogP contribution in [-0.2, 0) is 4.74 Å². The zero-order valence-electron chi connectivity index (χ0n) is 12.8. The van der Waals surface area contributed by atoms with Crippen molar-refractivity contribution >= 4 is 16.9 Å². The van der Waals surface area contributed by atoms with Crippen LogP contribution in [0.1, 0.15) is 41.9 Å². The summed E-state index contributed by atoms with van der Waals surface area (Å²) in [6, 6.07) is 4.43. The molecule has 1 fully saturated rings. The third-order valence-electron chi connectivity index (χ3n) is 4.78. The van der Waals surface area contributed by atoms with Gasteiger partial charge in [0, 0.05) is 30.3 Å². The number of nitrogens with zero attached hydrogens (tertiary/aromatic N) is 1. The van der Waals surface area contributed by atoms with Crippen LogP contribution in [0.4, 0.5) is 4.39 Å². The van der Waals surface area contributed by atoms with Gasteiger partial charge in [-0.05, 0) is 50.8 Å². The molecule has 0 bridgehead atoms. The first-order valence-electron chi connectivity index (χ1n) is 7.61. The van der Waals surface area contributed by atoms with Crippen molar-refractivity contribution in [3.8, 4) is 0 Å². The second-order valence-electron chi connectivity index (χ2n) is 5.99. The molecule has 0 aliphatic carbocycles. The summed E-state index contributed by atoms with van der Waals surface area (Å²) in [5.41, 5.74) is 1.62. The van der Waals surface area contributed by atoms with Gasteiger partial charge in [0.15, 0.2) is 0 Å². The largest absolute Gasteiger partial charge is 0.478 e. The summed E-state index contributed by atoms with van der Waals surface area (Å²) in [6.45, 7) is 5.34. The number of hydrogen-bond donors (Lipinski definition) is 1. The van der Waals surface area contributed by atoms with Crippen LogP contribution in [0, 0.1) is 18.7 Å². The minimum Gasteiger partial charge on any atom is -0.478 e. The molecule has 0 saturated carbocycles. The van der Waals surface area contributed by atoms with Crippen LogP contribution < -0.4 is 0 Å². The Labute approximate surface area is 128 Å². The smallest absolute Gasteiger partial charge is 0.338 e. The van der Waals surface area contributed by atoms with Crippen LogP contribution in [0.2, 0.25) is 0 Å². The molecule has 0 amide bonds. The Balaban J connectivity index is 2.17. The fourth-order valence-electron chi connectivity index (χ4n) is 3.62. The molecule has 22 heavy (non-hydrogen) atoms. The van der Waals surface area contributed by atoms with E-state index in [0.717, 1.165) is 26.1 Å². The lowest BCUT2D eigenvalue weighted by Crippen LogP contribution is -2.24. The van der Waals surface area contributed by atoms with Gasteiger partial charge < -0.3 is 14.4 Å². The molecule has 1 aromatic heterocycles. The van der Waals surface area contributed by atoms with Crippen LogP contribution in [0.25, 0.3) is 10.9 Å². The van der Waals surface area contributed by atoms with Gasteiger partial charge >= 0.3 is 5.97 Å². The SMILES string of the molecule is Cc1c(C(=O)O)c2ccc(F)cc2n1C(C)C1CCOCC1. The lowest BCUT2D eigenvalue weighted by atomic mass is 9.92. The first kappa shape index (κ1) is 15.0. The van der Waals surface area contributed by atoms with Crippen LogP contribution in [0.15, 0.2) is 18.2 Å². The maximum absolute atomic E-state index is 13.7. The number of fused-ring (bicyclic) bond motifs is 1. The summed E-state index contributed by atoms with van der Waals surface area (Å²) in [7, 11) is 0. The number of aromatic carboxylic acids is 1. The number of ether oxygens (including phenoxy) is 1. The summed E-state index contributed by atoms with van der Waals surface area (Å²) in [6.07, 6.45) is 1.88. The molecule has 1 aliphatic heterocycles. The molecule has 1 aliphatic rings. The van der Waals surface area contributed by atoms with Gasteiger partial charge in [-0.2, -0.15) is 0 Å². The molecule has 1 unspecified atom stereocenters. The Morgan fingerprint density at radius 1 is 1.41 bits per heavy atom. The minimum absolute atomic E-state index is 0.112. The highest BCUT2D eigenvalue weighted by molar-refractivity contribution is 6.05. The standard InChI is InChI=1S/C17H20FNO3/c1-10(12-5-7-22-8-6-12)19-11(2)16(17(20)21)14-4-3-13(18)9-15(14)19/h3-4,9-10,12H,5-8H2,1-2H3,(H,20,21). The summed E-state index contributed by atoms with van der Waals surface area (Å²) in [5.74, 6) is -0.901. The van der Waals surface area contributed by atoms with Gasteiger partial charge in [0.2, 0.25) is 0 Å².